The van der Waals surface area contributed by atoms with Crippen LogP contribution in [0.2, 0.25) is 0 Å². The third kappa shape index (κ3) is 28.9. The third-order valence-electron chi connectivity index (χ3n) is 10.1. The Kier molecular flexibility index (Phi) is 32.6. The predicted octanol–water partition coefficient (Wildman–Crippen LogP) is 9.31. The van der Waals surface area contributed by atoms with Crippen LogP contribution in [0.1, 0.15) is 162 Å². The molecule has 0 saturated heterocycles. The van der Waals surface area contributed by atoms with Gasteiger partial charge in [-0.15, -0.1) is 0 Å². The number of hydrogen-bond donors (Lipinski definition) is 4. The van der Waals surface area contributed by atoms with E-state index in [9.17, 15) is 34.1 Å². The predicted molar refractivity (Wildman–Crippen MR) is 230 cm³/mol. The summed E-state index contributed by atoms with van der Waals surface area (Å²) in [5.41, 5.74) is 5.34. The third-order valence-corrected chi connectivity index (χ3v) is 11.0. The van der Waals surface area contributed by atoms with E-state index in [2.05, 4.69) is 38.2 Å². The lowest BCUT2D eigenvalue weighted by atomic mass is 9.90. The van der Waals surface area contributed by atoms with Crippen molar-refractivity contribution in [2.24, 2.45) is 17.6 Å². The van der Waals surface area contributed by atoms with Gasteiger partial charge in [-0.25, -0.2) is 4.57 Å². The summed E-state index contributed by atoms with van der Waals surface area (Å²) in [5, 5.41) is 20.7. The molecule has 1 aliphatic rings. The van der Waals surface area contributed by atoms with E-state index >= 15 is 0 Å². The van der Waals surface area contributed by atoms with Crippen LogP contribution < -0.4 is 5.73 Å². The van der Waals surface area contributed by atoms with Crippen LogP contribution in [0.25, 0.3) is 0 Å². The highest BCUT2D eigenvalue weighted by Crippen LogP contribution is 2.43. The largest absolute Gasteiger partial charge is 0.472 e. The quantitative estimate of drug-likeness (QED) is 0.0201. The maximum Gasteiger partial charge on any atom is 0.472 e. The number of ketones is 1. The van der Waals surface area contributed by atoms with Gasteiger partial charge in [0.15, 0.2) is 6.10 Å². The summed E-state index contributed by atoms with van der Waals surface area (Å²) < 4.78 is 32.7. The van der Waals surface area contributed by atoms with Crippen molar-refractivity contribution in [2.45, 2.75) is 180 Å². The average molecular weight is 840 g/mol. The minimum absolute atomic E-state index is 0.0121. The van der Waals surface area contributed by atoms with Crippen LogP contribution in [0, 0.1) is 11.8 Å². The molecule has 1 saturated carbocycles. The summed E-state index contributed by atoms with van der Waals surface area (Å²) in [4.78, 5) is 47.6. The molecule has 1 aliphatic carbocycles. The molecule has 0 heterocycles. The van der Waals surface area contributed by atoms with Crippen molar-refractivity contribution in [3.05, 3.63) is 48.6 Å². The fraction of sp³-hybridized carbons (Fsp3) is 0.756. The topological polar surface area (TPSA) is 192 Å². The van der Waals surface area contributed by atoms with Crippen LogP contribution >= 0.6 is 7.82 Å². The van der Waals surface area contributed by atoms with E-state index in [4.69, 9.17) is 24.3 Å². The molecule has 0 aromatic rings. The van der Waals surface area contributed by atoms with Crippen LogP contribution in [0.3, 0.4) is 0 Å². The number of carbonyl (C=O) groups excluding carboxylic acids is 3. The number of aliphatic hydroxyl groups excluding tert-OH is 2. The van der Waals surface area contributed by atoms with Gasteiger partial charge in [-0.1, -0.05) is 127 Å². The Labute approximate surface area is 349 Å². The Morgan fingerprint density at radius 1 is 0.793 bits per heavy atom. The zero-order chi connectivity index (χ0) is 42.7. The lowest BCUT2D eigenvalue weighted by molar-refractivity contribution is -0.161. The summed E-state index contributed by atoms with van der Waals surface area (Å²) in [6.07, 6.45) is 33.6. The second-order valence-electron chi connectivity index (χ2n) is 15.3. The summed E-state index contributed by atoms with van der Waals surface area (Å²) in [5.74, 6) is -1.78. The SMILES string of the molecule is CCCCC/C=C\C/C=C\CCCCCCCCCC(=O)O[C@H](COC(=O)CCC/C=C\C[C@H]1[C@@H](O)CC(=O)[C@@H]1/C=C/[C@@H](O)CCCCC)COP(=O)(O)OCCN. The number of allylic oxidation sites excluding steroid dienone is 7. The van der Waals surface area contributed by atoms with Crippen LogP contribution in [0.5, 0.6) is 0 Å². The van der Waals surface area contributed by atoms with Gasteiger partial charge in [0.2, 0.25) is 0 Å². The van der Waals surface area contributed by atoms with Crippen LogP contribution in [-0.4, -0.2) is 77.5 Å². The Morgan fingerprint density at radius 2 is 1.40 bits per heavy atom. The van der Waals surface area contributed by atoms with Crippen molar-refractivity contribution in [2.75, 3.05) is 26.4 Å². The van der Waals surface area contributed by atoms with Gasteiger partial charge in [-0.3, -0.25) is 23.4 Å². The van der Waals surface area contributed by atoms with Crippen molar-refractivity contribution in [1.82, 2.24) is 0 Å². The molecule has 0 spiro atoms. The van der Waals surface area contributed by atoms with Crippen LogP contribution in [0.4, 0.5) is 0 Å². The van der Waals surface area contributed by atoms with Gasteiger partial charge in [-0.05, 0) is 64.2 Å². The second-order valence-corrected chi connectivity index (χ2v) is 16.8. The summed E-state index contributed by atoms with van der Waals surface area (Å²) >= 11 is 0. The smallest absolute Gasteiger partial charge is 0.462 e. The van der Waals surface area contributed by atoms with Crippen molar-refractivity contribution in [3.63, 3.8) is 0 Å². The molecule has 1 fully saturated rings. The van der Waals surface area contributed by atoms with Gasteiger partial charge >= 0.3 is 19.8 Å². The van der Waals surface area contributed by atoms with E-state index < -0.39 is 50.6 Å². The van der Waals surface area contributed by atoms with Crippen molar-refractivity contribution >= 4 is 25.5 Å². The number of unbranched alkanes of at least 4 members (excludes halogenated alkanes) is 13. The van der Waals surface area contributed by atoms with Gasteiger partial charge in [0.1, 0.15) is 12.4 Å². The standard InChI is InChI=1S/C45H78NO11P/c1-3-5-7-8-9-10-11-12-13-14-15-16-17-18-19-20-26-30-45(51)57-39(37-56-58(52,53)55-34-33-46)36-54-44(50)29-25-22-21-24-28-40-41(43(49)35-42(40)48)32-31-38(47)27-23-6-4-2/h9-10,12-13,21,24,31-32,38-42,47-48H,3-8,11,14-20,22-23,25-30,33-37,46H2,1-2H3,(H,52,53)/b10-9-,13-12-,24-21-,32-31+/t38-,39+,40+,41+,42-/m0/s1. The van der Waals surface area contributed by atoms with E-state index in [1.807, 2.05) is 12.2 Å². The monoisotopic (exact) mass is 840 g/mol. The molecular weight excluding hydrogens is 761 g/mol. The number of esters is 2. The van der Waals surface area contributed by atoms with Crippen LogP contribution in [-0.2, 0) is 37.5 Å². The Morgan fingerprint density at radius 3 is 2.09 bits per heavy atom. The summed E-state index contributed by atoms with van der Waals surface area (Å²) in [7, 11) is -4.45. The van der Waals surface area contributed by atoms with Crippen LogP contribution in [0.15, 0.2) is 48.6 Å². The molecule has 6 atom stereocenters. The second kappa shape index (κ2) is 35.3. The number of nitrogens with two attached hydrogens (primary N) is 1. The normalized spacial score (nSPS) is 19.5. The number of phosphoric ester groups is 1. The molecule has 0 aromatic heterocycles. The van der Waals surface area contributed by atoms with Gasteiger partial charge < -0.3 is 30.3 Å². The fourth-order valence-corrected chi connectivity index (χ4v) is 7.41. The zero-order valence-corrected chi connectivity index (χ0v) is 36.6. The highest BCUT2D eigenvalue weighted by atomic mass is 31.2. The van der Waals surface area contributed by atoms with E-state index in [0.29, 0.717) is 32.1 Å². The zero-order valence-electron chi connectivity index (χ0n) is 35.7. The number of aliphatic hydroxyl groups is 2. The van der Waals surface area contributed by atoms with Crippen molar-refractivity contribution in [1.29, 1.82) is 0 Å². The molecular formula is C45H78NO11P. The van der Waals surface area contributed by atoms with Gasteiger partial charge in [-0.2, -0.15) is 0 Å². The Bertz CT molecular complexity index is 1250. The number of rotatable bonds is 37. The maximum atomic E-state index is 12.6. The number of ether oxygens (including phenoxy) is 2. The van der Waals surface area contributed by atoms with E-state index in [0.717, 1.165) is 57.8 Å². The van der Waals surface area contributed by atoms with Gasteiger partial charge in [0.05, 0.1) is 25.4 Å². The molecule has 5 N–H and O–H groups in total. The molecule has 0 aliphatic heterocycles. The van der Waals surface area contributed by atoms with Crippen molar-refractivity contribution in [3.8, 4) is 0 Å². The molecule has 0 aromatic carbocycles. The fourth-order valence-electron chi connectivity index (χ4n) is 6.64. The maximum absolute atomic E-state index is 12.6. The molecule has 0 amide bonds. The number of Topliss-reactive ketones (excluding diaryl/α,β-unsaturated/α-hetero) is 1. The molecule has 13 heteroatoms. The summed E-state index contributed by atoms with van der Waals surface area (Å²) in [6, 6.07) is 0. The Hall–Kier alpha value is -2.44. The molecule has 1 rings (SSSR count). The lowest BCUT2D eigenvalue weighted by Gasteiger charge is -2.19. The minimum Gasteiger partial charge on any atom is -0.462 e. The molecule has 334 valence electrons. The first kappa shape index (κ1) is 53.6. The first-order valence-electron chi connectivity index (χ1n) is 22.2. The van der Waals surface area contributed by atoms with Crippen molar-refractivity contribution < 1.29 is 52.6 Å². The number of hydrogen-bond acceptors (Lipinski definition) is 11. The minimum atomic E-state index is -4.45. The first-order valence-corrected chi connectivity index (χ1v) is 23.7. The van der Waals surface area contributed by atoms with E-state index in [1.54, 1.807) is 12.2 Å². The first-order chi connectivity index (χ1) is 28.0. The highest BCUT2D eigenvalue weighted by Gasteiger charge is 2.39. The number of carbonyl (C=O) groups is 3. The number of phosphoric acid groups is 1. The lowest BCUT2D eigenvalue weighted by Crippen LogP contribution is -2.29. The molecule has 58 heavy (non-hydrogen) atoms. The molecule has 12 nitrogen and oxygen atoms in total. The van der Waals surface area contributed by atoms with E-state index in [-0.39, 0.29) is 50.7 Å². The average Bonchev–Trinajstić information content (AvgIpc) is 3.47. The highest BCUT2D eigenvalue weighted by molar-refractivity contribution is 7.47. The Balaban J connectivity index is 2.40. The summed E-state index contributed by atoms with van der Waals surface area (Å²) in [6.45, 7) is 3.28. The molecule has 0 bridgehead atoms. The molecule has 1 unspecified atom stereocenters. The van der Waals surface area contributed by atoms with Gasteiger partial charge in [0.25, 0.3) is 0 Å². The molecule has 0 radical (unpaired) electrons. The van der Waals surface area contributed by atoms with E-state index in [1.165, 1.54) is 38.5 Å². The van der Waals surface area contributed by atoms with Gasteiger partial charge in [0, 0.05) is 37.6 Å².